The van der Waals surface area contributed by atoms with E-state index in [9.17, 15) is 0 Å². The van der Waals surface area contributed by atoms with Crippen LogP contribution in [0.4, 0.5) is 0 Å². The van der Waals surface area contributed by atoms with E-state index in [1.54, 1.807) is 6.33 Å². The second-order valence-electron chi connectivity index (χ2n) is 3.93. The number of alkyl halides is 1. The van der Waals surface area contributed by atoms with Crippen molar-refractivity contribution in [1.29, 1.82) is 0 Å². The molecule has 0 saturated heterocycles. The van der Waals surface area contributed by atoms with Crippen molar-refractivity contribution >= 4 is 38.3 Å². The Hall–Kier alpha value is -1.39. The fraction of sp³-hybridized carbons (Fsp3) is 0.0769. The van der Waals surface area contributed by atoms with Gasteiger partial charge >= 0.3 is 0 Å². The maximum absolute atomic E-state index is 5.83. The molecular weight excluding hydrogens is 314 g/mol. The van der Waals surface area contributed by atoms with Crippen molar-refractivity contribution in [3.05, 3.63) is 53.0 Å². The Kier molecular flexibility index (Phi) is 3.06. The molecule has 1 heterocycles. The fourth-order valence-electron chi connectivity index (χ4n) is 1.92. The van der Waals surface area contributed by atoms with Crippen LogP contribution in [0.1, 0.15) is 5.82 Å². The normalized spacial score (nSPS) is 11.0. The third kappa shape index (κ3) is 2.02. The van der Waals surface area contributed by atoms with Crippen molar-refractivity contribution in [3.8, 4) is 5.69 Å². The van der Waals surface area contributed by atoms with Gasteiger partial charge in [-0.05, 0) is 35.0 Å². The number of nitrogens with zero attached hydrogens (tertiary/aromatic N) is 3. The third-order valence-corrected chi connectivity index (χ3v) is 3.53. The molecule has 3 rings (SSSR count). The highest BCUT2D eigenvalue weighted by Crippen LogP contribution is 2.23. The molecule has 0 unspecified atom stereocenters. The van der Waals surface area contributed by atoms with Crippen LogP contribution in [0.25, 0.3) is 16.5 Å². The standard InChI is InChI=1S/C13H9BrClN3/c14-11-3-1-10-6-12(4-2-9(10)5-11)18-8-16-17-13(18)7-15/h1-6,8H,7H2. The molecule has 90 valence electrons. The summed E-state index contributed by atoms with van der Waals surface area (Å²) in [5.74, 6) is 1.09. The summed E-state index contributed by atoms with van der Waals surface area (Å²) < 4.78 is 2.97. The number of aromatic nitrogens is 3. The van der Waals surface area contributed by atoms with Crippen LogP contribution in [0.2, 0.25) is 0 Å². The Morgan fingerprint density at radius 1 is 1.11 bits per heavy atom. The number of rotatable bonds is 2. The van der Waals surface area contributed by atoms with Gasteiger partial charge in [0.15, 0.2) is 5.82 Å². The zero-order valence-electron chi connectivity index (χ0n) is 9.35. The highest BCUT2D eigenvalue weighted by molar-refractivity contribution is 9.10. The number of halogens is 2. The Balaban J connectivity index is 2.16. The van der Waals surface area contributed by atoms with Gasteiger partial charge in [-0.25, -0.2) is 0 Å². The van der Waals surface area contributed by atoms with Crippen LogP contribution in [-0.2, 0) is 5.88 Å². The molecule has 18 heavy (non-hydrogen) atoms. The first-order valence-corrected chi connectivity index (χ1v) is 6.75. The van der Waals surface area contributed by atoms with E-state index in [1.807, 2.05) is 16.7 Å². The molecule has 0 amide bonds. The van der Waals surface area contributed by atoms with Crippen LogP contribution >= 0.6 is 27.5 Å². The van der Waals surface area contributed by atoms with Gasteiger partial charge in [-0.3, -0.25) is 4.57 Å². The van der Waals surface area contributed by atoms with Gasteiger partial charge in [-0.15, -0.1) is 21.8 Å². The molecule has 3 nitrogen and oxygen atoms in total. The van der Waals surface area contributed by atoms with Crippen LogP contribution in [-0.4, -0.2) is 14.8 Å². The summed E-state index contributed by atoms with van der Waals surface area (Å²) in [6.45, 7) is 0. The van der Waals surface area contributed by atoms with Gasteiger partial charge in [-0.2, -0.15) is 0 Å². The Bertz CT molecular complexity index is 708. The lowest BCUT2D eigenvalue weighted by molar-refractivity contribution is 0.952. The molecule has 0 N–H and O–H groups in total. The lowest BCUT2D eigenvalue weighted by Gasteiger charge is -2.06. The molecule has 0 spiro atoms. The highest BCUT2D eigenvalue weighted by atomic mass is 79.9. The zero-order chi connectivity index (χ0) is 12.5. The number of fused-ring (bicyclic) bond motifs is 1. The second-order valence-corrected chi connectivity index (χ2v) is 5.11. The molecule has 0 aliphatic carbocycles. The van der Waals surface area contributed by atoms with Gasteiger partial charge in [0.2, 0.25) is 0 Å². The Morgan fingerprint density at radius 3 is 2.72 bits per heavy atom. The molecule has 0 radical (unpaired) electrons. The minimum Gasteiger partial charge on any atom is -0.285 e. The van der Waals surface area contributed by atoms with Gasteiger partial charge < -0.3 is 0 Å². The molecular formula is C13H9BrClN3. The predicted molar refractivity (Wildman–Crippen MR) is 76.1 cm³/mol. The molecule has 0 atom stereocenters. The van der Waals surface area contributed by atoms with E-state index in [-0.39, 0.29) is 0 Å². The number of hydrogen-bond donors (Lipinski definition) is 0. The van der Waals surface area contributed by atoms with Crippen molar-refractivity contribution in [2.24, 2.45) is 0 Å². The second kappa shape index (κ2) is 4.71. The van der Waals surface area contributed by atoms with Crippen LogP contribution in [0, 0.1) is 0 Å². The highest BCUT2D eigenvalue weighted by Gasteiger charge is 2.05. The van der Waals surface area contributed by atoms with Crippen LogP contribution < -0.4 is 0 Å². The molecule has 0 bridgehead atoms. The largest absolute Gasteiger partial charge is 0.285 e. The van der Waals surface area contributed by atoms with Crippen molar-refractivity contribution in [2.75, 3.05) is 0 Å². The smallest absolute Gasteiger partial charge is 0.152 e. The van der Waals surface area contributed by atoms with Gasteiger partial charge in [0.05, 0.1) is 5.88 Å². The molecule has 3 aromatic rings. The van der Waals surface area contributed by atoms with Crippen molar-refractivity contribution < 1.29 is 0 Å². The van der Waals surface area contributed by atoms with E-state index in [0.29, 0.717) is 5.88 Å². The molecule has 0 fully saturated rings. The quantitative estimate of drug-likeness (QED) is 0.669. The van der Waals surface area contributed by atoms with Crippen molar-refractivity contribution in [1.82, 2.24) is 14.8 Å². The minimum absolute atomic E-state index is 0.346. The van der Waals surface area contributed by atoms with Crippen LogP contribution in [0.5, 0.6) is 0 Å². The topological polar surface area (TPSA) is 30.7 Å². The first kappa shape index (κ1) is 11.7. The van der Waals surface area contributed by atoms with E-state index in [4.69, 9.17) is 11.6 Å². The van der Waals surface area contributed by atoms with Crippen LogP contribution in [0.15, 0.2) is 47.2 Å². The SMILES string of the molecule is ClCc1nncn1-c1ccc2cc(Br)ccc2c1. The first-order chi connectivity index (χ1) is 8.78. The molecule has 0 aliphatic rings. The molecule has 2 aromatic carbocycles. The summed E-state index contributed by atoms with van der Waals surface area (Å²) in [6, 6.07) is 12.4. The number of hydrogen-bond acceptors (Lipinski definition) is 2. The van der Waals surface area contributed by atoms with Crippen LogP contribution in [0.3, 0.4) is 0 Å². The lowest BCUT2D eigenvalue weighted by Crippen LogP contribution is -1.97. The third-order valence-electron chi connectivity index (χ3n) is 2.80. The summed E-state index contributed by atoms with van der Waals surface area (Å²) in [7, 11) is 0. The molecule has 0 saturated carbocycles. The monoisotopic (exact) mass is 321 g/mol. The van der Waals surface area contributed by atoms with E-state index < -0.39 is 0 Å². The van der Waals surface area contributed by atoms with Crippen molar-refractivity contribution in [3.63, 3.8) is 0 Å². The Labute approximate surface area is 118 Å². The van der Waals surface area contributed by atoms with Gasteiger partial charge in [0.1, 0.15) is 6.33 Å². The lowest BCUT2D eigenvalue weighted by atomic mass is 10.1. The average Bonchev–Trinajstić information content (AvgIpc) is 2.86. The molecule has 0 aliphatic heterocycles. The van der Waals surface area contributed by atoms with E-state index in [1.165, 1.54) is 10.8 Å². The summed E-state index contributed by atoms with van der Waals surface area (Å²) in [5, 5.41) is 10.2. The average molecular weight is 323 g/mol. The summed E-state index contributed by atoms with van der Waals surface area (Å²) in [4.78, 5) is 0. The van der Waals surface area contributed by atoms with E-state index in [0.717, 1.165) is 16.0 Å². The van der Waals surface area contributed by atoms with Gasteiger partial charge in [0, 0.05) is 10.2 Å². The molecule has 5 heteroatoms. The maximum atomic E-state index is 5.83. The summed E-state index contributed by atoms with van der Waals surface area (Å²) in [6.07, 6.45) is 1.68. The van der Waals surface area contributed by atoms with E-state index in [2.05, 4.69) is 50.4 Å². The predicted octanol–water partition coefficient (Wildman–Crippen LogP) is 3.92. The number of benzene rings is 2. The first-order valence-electron chi connectivity index (χ1n) is 5.42. The van der Waals surface area contributed by atoms with Gasteiger partial charge in [0.25, 0.3) is 0 Å². The fourth-order valence-corrected chi connectivity index (χ4v) is 2.48. The Morgan fingerprint density at radius 2 is 1.89 bits per heavy atom. The summed E-state index contributed by atoms with van der Waals surface area (Å²) in [5.41, 5.74) is 1.02. The summed E-state index contributed by atoms with van der Waals surface area (Å²) >= 11 is 9.30. The zero-order valence-corrected chi connectivity index (χ0v) is 11.7. The van der Waals surface area contributed by atoms with E-state index >= 15 is 0 Å². The van der Waals surface area contributed by atoms with Gasteiger partial charge in [-0.1, -0.05) is 28.1 Å². The van der Waals surface area contributed by atoms with Crippen molar-refractivity contribution in [2.45, 2.75) is 5.88 Å². The maximum Gasteiger partial charge on any atom is 0.152 e. The minimum atomic E-state index is 0.346. The molecule has 1 aromatic heterocycles.